The molecule has 3 saturated carbocycles. The first-order chi connectivity index (χ1) is 8.79. The minimum absolute atomic E-state index is 0.114. The molecule has 100 valence electrons. The Bertz CT molecular complexity index is 346. The highest BCUT2D eigenvalue weighted by atomic mass is 16.5. The summed E-state index contributed by atoms with van der Waals surface area (Å²) < 4.78 is 6.05. The van der Waals surface area contributed by atoms with Crippen LogP contribution in [-0.4, -0.2) is 18.0 Å². The summed E-state index contributed by atoms with van der Waals surface area (Å²) in [5.41, 5.74) is 0.114. The maximum Gasteiger partial charge on any atom is 0.139 e. The molecule has 0 aromatic carbocycles. The van der Waals surface area contributed by atoms with Crippen molar-refractivity contribution >= 4 is 5.78 Å². The summed E-state index contributed by atoms with van der Waals surface area (Å²) in [6.45, 7) is 0.832. The fourth-order valence-corrected chi connectivity index (χ4v) is 5.15. The average molecular weight is 248 g/mol. The predicted molar refractivity (Wildman–Crippen MR) is 69.2 cm³/mol. The Labute approximate surface area is 109 Å². The van der Waals surface area contributed by atoms with Crippen LogP contribution in [0.1, 0.15) is 57.8 Å². The summed E-state index contributed by atoms with van der Waals surface area (Å²) in [4.78, 5) is 12.7. The Morgan fingerprint density at radius 1 is 1.00 bits per heavy atom. The van der Waals surface area contributed by atoms with Crippen LogP contribution in [0.25, 0.3) is 0 Å². The van der Waals surface area contributed by atoms with Gasteiger partial charge in [0.25, 0.3) is 0 Å². The molecule has 0 bridgehead atoms. The van der Waals surface area contributed by atoms with Gasteiger partial charge in [-0.2, -0.15) is 0 Å². The number of carbonyl (C=O) groups excluding carboxylic acids is 1. The molecule has 0 aromatic rings. The molecule has 1 heterocycles. The maximum atomic E-state index is 12.7. The molecule has 4 rings (SSSR count). The number of carbonyl (C=O) groups is 1. The topological polar surface area (TPSA) is 26.3 Å². The second-order valence-electron chi connectivity index (χ2n) is 7.12. The lowest BCUT2D eigenvalue weighted by atomic mass is 9.80. The van der Waals surface area contributed by atoms with Gasteiger partial charge in [-0.15, -0.1) is 0 Å². The van der Waals surface area contributed by atoms with E-state index in [2.05, 4.69) is 0 Å². The van der Waals surface area contributed by atoms with Crippen LogP contribution in [0.4, 0.5) is 0 Å². The van der Waals surface area contributed by atoms with Crippen molar-refractivity contribution in [3.63, 3.8) is 0 Å². The van der Waals surface area contributed by atoms with Crippen LogP contribution in [0.5, 0.6) is 0 Å². The summed E-state index contributed by atoms with van der Waals surface area (Å²) in [6, 6.07) is 0. The van der Waals surface area contributed by atoms with Gasteiger partial charge in [0, 0.05) is 18.4 Å². The van der Waals surface area contributed by atoms with Crippen LogP contribution < -0.4 is 0 Å². The minimum atomic E-state index is 0.114. The van der Waals surface area contributed by atoms with Crippen molar-refractivity contribution in [1.82, 2.24) is 0 Å². The van der Waals surface area contributed by atoms with Gasteiger partial charge in [-0.05, 0) is 50.4 Å². The van der Waals surface area contributed by atoms with E-state index in [0.717, 1.165) is 31.3 Å². The van der Waals surface area contributed by atoms with Gasteiger partial charge in [-0.3, -0.25) is 4.79 Å². The Hall–Kier alpha value is -0.370. The number of ether oxygens (including phenoxy) is 1. The highest BCUT2D eigenvalue weighted by Gasteiger charge is 2.58. The summed E-state index contributed by atoms with van der Waals surface area (Å²) in [5, 5.41) is 0. The third-order valence-corrected chi connectivity index (χ3v) is 6.15. The SMILES string of the molecule is O=C(C1CCOC2(CCCC2)C1)C1C2CCCC21. The molecule has 0 N–H and O–H groups in total. The lowest BCUT2D eigenvalue weighted by molar-refractivity contribution is -0.138. The second kappa shape index (κ2) is 4.06. The van der Waals surface area contributed by atoms with Crippen molar-refractivity contribution in [2.75, 3.05) is 6.61 Å². The van der Waals surface area contributed by atoms with Gasteiger partial charge in [-0.1, -0.05) is 19.3 Å². The van der Waals surface area contributed by atoms with Gasteiger partial charge in [0.2, 0.25) is 0 Å². The number of hydrogen-bond donors (Lipinski definition) is 0. The summed E-state index contributed by atoms with van der Waals surface area (Å²) >= 11 is 0. The van der Waals surface area contributed by atoms with Crippen LogP contribution in [0.3, 0.4) is 0 Å². The van der Waals surface area contributed by atoms with E-state index in [0.29, 0.717) is 17.6 Å². The van der Waals surface area contributed by atoms with Crippen molar-refractivity contribution in [2.24, 2.45) is 23.7 Å². The van der Waals surface area contributed by atoms with E-state index in [4.69, 9.17) is 4.74 Å². The fourth-order valence-electron chi connectivity index (χ4n) is 5.15. The summed E-state index contributed by atoms with van der Waals surface area (Å²) in [6.07, 6.45) is 11.1. The third kappa shape index (κ3) is 1.68. The lowest BCUT2D eigenvalue weighted by Crippen LogP contribution is -2.40. The molecule has 0 aromatic heterocycles. The molecule has 1 spiro atoms. The zero-order valence-corrected chi connectivity index (χ0v) is 11.2. The standard InChI is InChI=1S/C16H24O2/c17-15(14-12-4-3-5-13(12)14)11-6-9-18-16(10-11)7-1-2-8-16/h11-14H,1-10H2. The molecule has 4 fully saturated rings. The van der Waals surface area contributed by atoms with Crippen molar-refractivity contribution < 1.29 is 9.53 Å². The van der Waals surface area contributed by atoms with Gasteiger partial charge >= 0.3 is 0 Å². The second-order valence-corrected chi connectivity index (χ2v) is 7.12. The maximum absolute atomic E-state index is 12.7. The molecule has 0 radical (unpaired) electrons. The molecule has 1 saturated heterocycles. The molecule has 3 aliphatic carbocycles. The van der Waals surface area contributed by atoms with Gasteiger partial charge in [0.1, 0.15) is 5.78 Å². The molecular formula is C16H24O2. The zero-order valence-electron chi connectivity index (χ0n) is 11.2. The van der Waals surface area contributed by atoms with Crippen molar-refractivity contribution in [1.29, 1.82) is 0 Å². The largest absolute Gasteiger partial charge is 0.375 e. The predicted octanol–water partition coefficient (Wildman–Crippen LogP) is 3.34. The van der Waals surface area contributed by atoms with Crippen LogP contribution >= 0.6 is 0 Å². The van der Waals surface area contributed by atoms with Gasteiger partial charge in [0.05, 0.1) is 5.60 Å². The number of hydrogen-bond acceptors (Lipinski definition) is 2. The van der Waals surface area contributed by atoms with Gasteiger partial charge in [-0.25, -0.2) is 0 Å². The Morgan fingerprint density at radius 3 is 2.44 bits per heavy atom. The Kier molecular flexibility index (Phi) is 2.58. The van der Waals surface area contributed by atoms with E-state index in [1.165, 1.54) is 44.9 Å². The molecule has 18 heavy (non-hydrogen) atoms. The van der Waals surface area contributed by atoms with E-state index >= 15 is 0 Å². The first-order valence-electron chi connectivity index (χ1n) is 7.97. The number of fused-ring (bicyclic) bond motifs is 1. The molecule has 2 nitrogen and oxygen atoms in total. The van der Waals surface area contributed by atoms with E-state index in [-0.39, 0.29) is 5.60 Å². The normalized spacial score (nSPS) is 45.1. The van der Waals surface area contributed by atoms with Crippen molar-refractivity contribution in [3.8, 4) is 0 Å². The first kappa shape index (κ1) is 11.5. The summed E-state index contributed by atoms with van der Waals surface area (Å²) in [5.74, 6) is 3.02. The summed E-state index contributed by atoms with van der Waals surface area (Å²) in [7, 11) is 0. The smallest absolute Gasteiger partial charge is 0.139 e. The van der Waals surface area contributed by atoms with Gasteiger partial charge in [0.15, 0.2) is 0 Å². The molecule has 4 aliphatic rings. The highest BCUT2D eigenvalue weighted by molar-refractivity contribution is 5.87. The molecule has 0 amide bonds. The van der Waals surface area contributed by atoms with Crippen molar-refractivity contribution in [2.45, 2.75) is 63.4 Å². The average Bonchev–Trinajstić information content (AvgIpc) is 2.78. The zero-order chi connectivity index (χ0) is 12.2. The van der Waals surface area contributed by atoms with Crippen LogP contribution in [-0.2, 0) is 9.53 Å². The van der Waals surface area contributed by atoms with Gasteiger partial charge < -0.3 is 4.74 Å². The number of ketones is 1. The van der Waals surface area contributed by atoms with E-state index in [1.807, 2.05) is 0 Å². The van der Waals surface area contributed by atoms with Crippen LogP contribution in [0.2, 0.25) is 0 Å². The van der Waals surface area contributed by atoms with E-state index < -0.39 is 0 Å². The Morgan fingerprint density at radius 2 is 1.72 bits per heavy atom. The third-order valence-electron chi connectivity index (χ3n) is 6.15. The quantitative estimate of drug-likeness (QED) is 0.749. The van der Waals surface area contributed by atoms with E-state index in [1.54, 1.807) is 0 Å². The van der Waals surface area contributed by atoms with Crippen molar-refractivity contribution in [3.05, 3.63) is 0 Å². The van der Waals surface area contributed by atoms with E-state index in [9.17, 15) is 4.79 Å². The molecule has 2 heteroatoms. The number of rotatable bonds is 2. The van der Waals surface area contributed by atoms with Crippen LogP contribution in [0.15, 0.2) is 0 Å². The minimum Gasteiger partial charge on any atom is -0.375 e. The first-order valence-corrected chi connectivity index (χ1v) is 7.97. The molecule has 3 atom stereocenters. The molecule has 1 aliphatic heterocycles. The monoisotopic (exact) mass is 248 g/mol. The number of Topliss-reactive ketones (excluding diaryl/α,β-unsaturated/α-hetero) is 1. The highest BCUT2D eigenvalue weighted by Crippen LogP contribution is 2.59. The Balaban J connectivity index is 1.43. The molecular weight excluding hydrogens is 224 g/mol. The fraction of sp³-hybridized carbons (Fsp3) is 0.938. The van der Waals surface area contributed by atoms with Crippen LogP contribution in [0, 0.1) is 23.7 Å². The lowest BCUT2D eigenvalue weighted by Gasteiger charge is -2.38. The molecule has 3 unspecified atom stereocenters.